The fourth-order valence-corrected chi connectivity index (χ4v) is 10.7. The number of aliphatic hydroxyl groups excluding tert-OH is 2. The summed E-state index contributed by atoms with van der Waals surface area (Å²) >= 11 is 0. The third-order valence-electron chi connectivity index (χ3n) is 13.2. The topological polar surface area (TPSA) is 143 Å². The van der Waals surface area contributed by atoms with Crippen LogP contribution in [0, 0.1) is 17.2 Å². The Kier molecular flexibility index (Phi) is 11.4. The molecule has 320 valence electrons. The quantitative estimate of drug-likeness (QED) is 0.0943. The van der Waals surface area contributed by atoms with Gasteiger partial charge < -0.3 is 30.0 Å². The van der Waals surface area contributed by atoms with Crippen LogP contribution in [0.3, 0.4) is 0 Å². The van der Waals surface area contributed by atoms with Crippen LogP contribution in [-0.4, -0.2) is 66.6 Å². The van der Waals surface area contributed by atoms with Crippen molar-refractivity contribution >= 4 is 31.5 Å². The predicted octanol–water partition coefficient (Wildman–Crippen LogP) is 8.76. The molecule has 10 nitrogen and oxygen atoms in total. The summed E-state index contributed by atoms with van der Waals surface area (Å²) in [5, 5.41) is 24.2. The smallest absolute Gasteiger partial charge is 0.255 e. The minimum Gasteiger partial charge on any atom is -0.510 e. The second-order valence-electron chi connectivity index (χ2n) is 18.7. The monoisotopic (exact) mass is 845 g/mol. The number of Topliss-reactive ketones (excluding diaryl/α,β-unsaturated/α-hetero) is 2. The fraction of sp³-hybridized carbons (Fsp3) is 0.367. The lowest BCUT2D eigenvalue weighted by Gasteiger charge is -2.57. The van der Waals surface area contributed by atoms with E-state index in [2.05, 4.69) is 0 Å². The molecule has 0 heterocycles. The second-order valence-corrected chi connectivity index (χ2v) is 23.4. The Balaban J connectivity index is 1.51. The molecule has 0 unspecified atom stereocenters. The molecule has 1 amide bonds. The van der Waals surface area contributed by atoms with E-state index in [1.54, 1.807) is 25.9 Å². The summed E-state index contributed by atoms with van der Waals surface area (Å²) in [6, 6.07) is 29.3. The first-order valence-corrected chi connectivity index (χ1v) is 23.6. The van der Waals surface area contributed by atoms with Gasteiger partial charge in [-0.3, -0.25) is 19.3 Å². The summed E-state index contributed by atoms with van der Waals surface area (Å²) in [5.41, 5.74) is 4.59. The van der Waals surface area contributed by atoms with E-state index in [0.717, 1.165) is 16.7 Å². The predicted molar refractivity (Wildman–Crippen MR) is 236 cm³/mol. The van der Waals surface area contributed by atoms with Crippen LogP contribution >= 0.6 is 0 Å². The van der Waals surface area contributed by atoms with Gasteiger partial charge >= 0.3 is 0 Å². The molecular weight excluding hydrogens is 790 g/mol. The highest BCUT2D eigenvalue weighted by Crippen LogP contribution is 2.61. The number of hydrogen-bond donors (Lipinski definition) is 3. The number of benzene rings is 4. The van der Waals surface area contributed by atoms with E-state index in [1.165, 1.54) is 6.07 Å². The summed E-state index contributed by atoms with van der Waals surface area (Å²) in [6.07, 6.45) is -0.0424. The fourth-order valence-electron chi connectivity index (χ4n) is 9.27. The summed E-state index contributed by atoms with van der Waals surface area (Å²) < 4.78 is 31.0. The Morgan fingerprint density at radius 2 is 1.43 bits per heavy atom. The molecule has 4 atom stereocenters. The van der Waals surface area contributed by atoms with Crippen LogP contribution < -0.4 is 15.4 Å². The highest BCUT2D eigenvalue weighted by molar-refractivity contribution is 6.74. The maximum atomic E-state index is 17.3. The van der Waals surface area contributed by atoms with Gasteiger partial charge in [0, 0.05) is 41.6 Å². The van der Waals surface area contributed by atoms with Gasteiger partial charge in [0.2, 0.25) is 5.78 Å². The van der Waals surface area contributed by atoms with Crippen molar-refractivity contribution in [2.75, 3.05) is 19.0 Å². The first-order valence-electron chi connectivity index (χ1n) is 20.7. The standard InChI is InChI=1S/C49H56FN3O7Si/c1-47(2,3)61(7,8)60-49-34(40(52(5)6)42(55)38(44(49)56)46(51)58)26-48(4)25-33-35(50)24-36(53(27-30-18-12-9-13-19-30)28-31-20-14-10-15-21-31)43(37(33)41(54)39(48)45(49)57)59-29-32-22-16-11-17-23-32/h9-24,34,40,55,57H,25-29H2,1-8H3,(H2,51,58)/t34-,40-,48-,49+/m0/s1. The molecule has 0 fully saturated rings. The molecule has 0 saturated heterocycles. The van der Waals surface area contributed by atoms with Gasteiger partial charge in [-0.05, 0) is 61.8 Å². The maximum absolute atomic E-state index is 17.3. The number of ketones is 2. The van der Waals surface area contributed by atoms with Crippen molar-refractivity contribution in [3.63, 3.8) is 0 Å². The van der Waals surface area contributed by atoms with Crippen LogP contribution in [0.1, 0.15) is 66.7 Å². The van der Waals surface area contributed by atoms with Gasteiger partial charge in [-0.25, -0.2) is 4.39 Å². The van der Waals surface area contributed by atoms with Crippen LogP contribution in [0.15, 0.2) is 120 Å². The Bertz CT molecular complexity index is 2390. The summed E-state index contributed by atoms with van der Waals surface area (Å²) in [6.45, 7) is 12.2. The number of ether oxygens (including phenoxy) is 1. The molecule has 0 bridgehead atoms. The molecule has 4 aromatic rings. The molecule has 0 aliphatic heterocycles. The van der Waals surface area contributed by atoms with Crippen molar-refractivity contribution in [2.45, 2.75) is 90.0 Å². The average Bonchev–Trinajstić information content (AvgIpc) is 3.19. The Morgan fingerprint density at radius 1 is 0.902 bits per heavy atom. The lowest BCUT2D eigenvalue weighted by Crippen LogP contribution is -2.69. The number of fused-ring (bicyclic) bond motifs is 3. The van der Waals surface area contributed by atoms with E-state index in [0.29, 0.717) is 18.8 Å². The van der Waals surface area contributed by atoms with Gasteiger partial charge in [0.1, 0.15) is 29.5 Å². The first kappa shape index (κ1) is 43.5. The zero-order valence-electron chi connectivity index (χ0n) is 36.2. The van der Waals surface area contributed by atoms with E-state index >= 15 is 14.0 Å². The van der Waals surface area contributed by atoms with Crippen molar-refractivity contribution in [3.05, 3.63) is 153 Å². The highest BCUT2D eigenvalue weighted by atomic mass is 28.4. The molecule has 12 heteroatoms. The van der Waals surface area contributed by atoms with Crippen molar-refractivity contribution in [1.82, 2.24) is 4.90 Å². The van der Waals surface area contributed by atoms with Gasteiger partial charge in [0.25, 0.3) is 5.91 Å². The van der Waals surface area contributed by atoms with E-state index in [4.69, 9.17) is 14.9 Å². The van der Waals surface area contributed by atoms with Gasteiger partial charge in [-0.2, -0.15) is 0 Å². The number of rotatable bonds is 12. The Labute approximate surface area is 358 Å². The van der Waals surface area contributed by atoms with E-state index < -0.39 is 76.7 Å². The third kappa shape index (κ3) is 7.59. The largest absolute Gasteiger partial charge is 0.510 e. The Morgan fingerprint density at radius 3 is 1.92 bits per heavy atom. The van der Waals surface area contributed by atoms with Crippen LogP contribution in [0.5, 0.6) is 5.75 Å². The van der Waals surface area contributed by atoms with Crippen LogP contribution in [0.2, 0.25) is 18.1 Å². The maximum Gasteiger partial charge on any atom is 0.255 e. The molecule has 3 aliphatic carbocycles. The molecule has 4 N–H and O–H groups in total. The van der Waals surface area contributed by atoms with Crippen molar-refractivity contribution in [1.29, 1.82) is 0 Å². The number of nitrogens with two attached hydrogens (primary N) is 1. The van der Waals surface area contributed by atoms with Crippen molar-refractivity contribution in [2.24, 2.45) is 17.1 Å². The van der Waals surface area contributed by atoms with E-state index in [9.17, 15) is 15.0 Å². The second kappa shape index (κ2) is 16.0. The number of nitrogens with zero attached hydrogens (tertiary/aromatic N) is 2. The van der Waals surface area contributed by atoms with Gasteiger partial charge in [-0.15, -0.1) is 0 Å². The third-order valence-corrected chi connectivity index (χ3v) is 17.7. The van der Waals surface area contributed by atoms with E-state index in [1.807, 2.05) is 130 Å². The molecule has 0 saturated carbocycles. The molecule has 0 radical (unpaired) electrons. The van der Waals surface area contributed by atoms with Crippen LogP contribution in [0.25, 0.3) is 0 Å². The van der Waals surface area contributed by atoms with Crippen molar-refractivity contribution in [3.8, 4) is 5.75 Å². The molecule has 0 aromatic heterocycles. The SMILES string of the molecule is CN(C)[C@@H]1C(O)=C(C(N)=O)C(=O)[C@@]2(O[Si](C)(C)C(C)(C)C)C(O)=C3C(=O)c4c(c(F)cc(N(Cc5ccccc5)Cc5ccccc5)c4OCc4ccccc4)C[C@@]3(C)C[C@@H]12. The van der Waals surface area contributed by atoms with Gasteiger partial charge in [0.05, 0.1) is 17.3 Å². The minimum absolute atomic E-state index is 0.00637. The number of aliphatic hydroxyl groups is 2. The molecule has 3 aliphatic rings. The molecular formula is C49H56FN3O7Si. The lowest BCUT2D eigenvalue weighted by molar-refractivity contribution is -0.147. The van der Waals surface area contributed by atoms with Crippen molar-refractivity contribution < 1.29 is 38.1 Å². The highest BCUT2D eigenvalue weighted by Gasteiger charge is 2.68. The normalized spacial score (nSPS) is 22.8. The summed E-state index contributed by atoms with van der Waals surface area (Å²) in [7, 11) is 0.283. The first-order chi connectivity index (χ1) is 28.7. The lowest BCUT2D eigenvalue weighted by atomic mass is 9.53. The number of carbonyl (C=O) groups is 3. The number of carbonyl (C=O) groups excluding carboxylic acids is 3. The zero-order chi connectivity index (χ0) is 44.2. The van der Waals surface area contributed by atoms with Gasteiger partial charge in [0.15, 0.2) is 25.5 Å². The average molecular weight is 846 g/mol. The number of likely N-dealkylation sites (N-methyl/N-ethyl adjacent to an activating group) is 1. The number of allylic oxidation sites excluding steroid dienone is 1. The number of primary amides is 1. The van der Waals surface area contributed by atoms with Crippen LogP contribution in [-0.2, 0) is 40.1 Å². The Hall–Kier alpha value is -5.56. The van der Waals surface area contributed by atoms with E-state index in [-0.39, 0.29) is 41.9 Å². The van der Waals surface area contributed by atoms with Gasteiger partial charge in [-0.1, -0.05) is 119 Å². The molecule has 61 heavy (non-hydrogen) atoms. The summed E-state index contributed by atoms with van der Waals surface area (Å²) in [4.78, 5) is 47.6. The molecule has 0 spiro atoms. The minimum atomic E-state index is -3.08. The number of amides is 1. The number of anilines is 1. The van der Waals surface area contributed by atoms with Crippen LogP contribution in [0.4, 0.5) is 10.1 Å². The molecule has 4 aromatic carbocycles. The number of hydrogen-bond acceptors (Lipinski definition) is 9. The molecule has 7 rings (SSSR count). The number of halogens is 1. The zero-order valence-corrected chi connectivity index (χ0v) is 37.2. The summed E-state index contributed by atoms with van der Waals surface area (Å²) in [5.74, 6) is -5.58.